The summed E-state index contributed by atoms with van der Waals surface area (Å²) in [6, 6.07) is 34.7. The normalized spacial score (nSPS) is 20.2. The summed E-state index contributed by atoms with van der Waals surface area (Å²) < 4.78 is 11.3. The van der Waals surface area contributed by atoms with E-state index in [0.29, 0.717) is 19.1 Å². The fourth-order valence-corrected chi connectivity index (χ4v) is 5.61. The number of ether oxygens (including phenoxy) is 2. The second-order valence-electron chi connectivity index (χ2n) is 9.66. The van der Waals surface area contributed by atoms with Crippen molar-refractivity contribution >= 4 is 22.7 Å². The molecule has 0 spiro atoms. The molecule has 37 heavy (non-hydrogen) atoms. The minimum absolute atomic E-state index is 0.249. The molecule has 3 aliphatic rings. The quantitative estimate of drug-likeness (QED) is 0.312. The molecule has 2 aliphatic heterocycles. The smallest absolute Gasteiger partial charge is 0.184 e. The van der Waals surface area contributed by atoms with Gasteiger partial charge in [-0.1, -0.05) is 78.9 Å². The highest BCUT2D eigenvalue weighted by molar-refractivity contribution is 5.78. The summed E-state index contributed by atoms with van der Waals surface area (Å²) >= 11 is 0. The van der Waals surface area contributed by atoms with Gasteiger partial charge in [0.25, 0.3) is 0 Å². The first-order valence-electron chi connectivity index (χ1n) is 12.9. The summed E-state index contributed by atoms with van der Waals surface area (Å²) in [6.45, 7) is 1.31. The lowest BCUT2D eigenvalue weighted by atomic mass is 9.91. The van der Waals surface area contributed by atoms with Gasteiger partial charge in [0.2, 0.25) is 0 Å². The zero-order chi connectivity index (χ0) is 24.6. The molecule has 0 radical (unpaired) electrons. The molecule has 2 atom stereocenters. The van der Waals surface area contributed by atoms with Gasteiger partial charge in [-0.25, -0.2) is 0 Å². The monoisotopic (exact) mass is 484 g/mol. The van der Waals surface area contributed by atoms with Gasteiger partial charge in [-0.3, -0.25) is 0 Å². The van der Waals surface area contributed by atoms with Gasteiger partial charge in [-0.05, 0) is 59.2 Å². The summed E-state index contributed by atoms with van der Waals surface area (Å²) in [4.78, 5) is 2.44. The molecule has 1 aliphatic carbocycles. The van der Waals surface area contributed by atoms with Crippen LogP contribution in [0.4, 0.5) is 22.7 Å². The third-order valence-electron chi connectivity index (χ3n) is 7.40. The van der Waals surface area contributed by atoms with Gasteiger partial charge in [0.1, 0.15) is 0 Å². The fourth-order valence-electron chi connectivity index (χ4n) is 5.61. The van der Waals surface area contributed by atoms with E-state index in [9.17, 15) is 0 Å². The molecule has 2 heterocycles. The van der Waals surface area contributed by atoms with Crippen LogP contribution in [0.25, 0.3) is 11.1 Å². The number of nitrogens with zero attached hydrogens (tertiary/aromatic N) is 1. The molecule has 4 nitrogen and oxygen atoms in total. The Balaban J connectivity index is 1.16. The van der Waals surface area contributed by atoms with E-state index < -0.39 is 0 Å². The van der Waals surface area contributed by atoms with Crippen LogP contribution in [0.3, 0.4) is 0 Å². The molecule has 1 fully saturated rings. The standard InChI is InChI=1S/C33H28N2O2/c1-2-6-23(7-3-1)24-10-14-26(15-11-24)34-27-16-19-32-30(22-27)29-8-4-5-9-31(29)35(32)28-17-12-25(13-18-28)33-36-20-21-37-33/h1-19,22,29,31,33-34H,20-21H2. The number of rotatable bonds is 5. The van der Waals surface area contributed by atoms with Crippen molar-refractivity contribution in [3.8, 4) is 11.1 Å². The van der Waals surface area contributed by atoms with Crippen LogP contribution in [0, 0.1) is 0 Å². The molecular weight excluding hydrogens is 456 g/mol. The maximum absolute atomic E-state index is 5.67. The predicted molar refractivity (Wildman–Crippen MR) is 150 cm³/mol. The van der Waals surface area contributed by atoms with Crippen molar-refractivity contribution in [1.29, 1.82) is 0 Å². The SMILES string of the molecule is C1=CC2c3cc(Nc4ccc(-c5ccccc5)cc4)ccc3N(c3ccc(C4OCCO4)cc3)C2C=C1. The Morgan fingerprint density at radius 1 is 0.676 bits per heavy atom. The van der Waals surface area contributed by atoms with E-state index in [2.05, 4.69) is 126 Å². The van der Waals surface area contributed by atoms with Crippen LogP contribution in [-0.2, 0) is 9.47 Å². The van der Waals surface area contributed by atoms with Crippen molar-refractivity contribution in [1.82, 2.24) is 0 Å². The minimum Gasteiger partial charge on any atom is -0.356 e. The fraction of sp³-hybridized carbons (Fsp3) is 0.152. The number of allylic oxidation sites excluding steroid dienone is 2. The van der Waals surface area contributed by atoms with E-state index in [1.54, 1.807) is 0 Å². The van der Waals surface area contributed by atoms with Crippen molar-refractivity contribution in [2.75, 3.05) is 23.4 Å². The average Bonchev–Trinajstić information content (AvgIpc) is 3.61. The van der Waals surface area contributed by atoms with Crippen LogP contribution >= 0.6 is 0 Å². The number of hydrogen-bond donors (Lipinski definition) is 1. The molecule has 182 valence electrons. The molecule has 1 saturated heterocycles. The Bertz CT molecular complexity index is 1450. The van der Waals surface area contributed by atoms with Crippen molar-refractivity contribution in [2.45, 2.75) is 18.2 Å². The summed E-state index contributed by atoms with van der Waals surface area (Å²) in [5, 5.41) is 3.61. The van der Waals surface area contributed by atoms with E-state index >= 15 is 0 Å². The van der Waals surface area contributed by atoms with E-state index in [1.807, 2.05) is 6.07 Å². The average molecular weight is 485 g/mol. The van der Waals surface area contributed by atoms with Gasteiger partial charge < -0.3 is 19.7 Å². The Hall–Kier alpha value is -4.12. The number of hydrogen-bond acceptors (Lipinski definition) is 4. The highest BCUT2D eigenvalue weighted by Gasteiger charge is 2.37. The number of nitrogens with one attached hydrogen (secondary N) is 1. The predicted octanol–water partition coefficient (Wildman–Crippen LogP) is 7.87. The summed E-state index contributed by atoms with van der Waals surface area (Å²) in [5.74, 6) is 0.309. The molecule has 0 bridgehead atoms. The zero-order valence-corrected chi connectivity index (χ0v) is 20.5. The lowest BCUT2D eigenvalue weighted by Gasteiger charge is -2.29. The summed E-state index contributed by atoms with van der Waals surface area (Å²) in [5.41, 5.74) is 9.45. The van der Waals surface area contributed by atoms with Gasteiger partial charge in [0.05, 0.1) is 19.3 Å². The van der Waals surface area contributed by atoms with Gasteiger partial charge in [0, 0.05) is 34.2 Å². The molecule has 4 aromatic rings. The molecule has 0 amide bonds. The topological polar surface area (TPSA) is 33.7 Å². The molecule has 0 aromatic heterocycles. The van der Waals surface area contributed by atoms with Crippen LogP contribution in [-0.4, -0.2) is 19.3 Å². The molecule has 2 unspecified atom stereocenters. The van der Waals surface area contributed by atoms with Crippen molar-refractivity contribution in [3.63, 3.8) is 0 Å². The summed E-state index contributed by atoms with van der Waals surface area (Å²) in [6.07, 6.45) is 8.69. The third-order valence-corrected chi connectivity index (χ3v) is 7.40. The maximum atomic E-state index is 5.67. The van der Waals surface area contributed by atoms with E-state index in [0.717, 1.165) is 16.9 Å². The second kappa shape index (κ2) is 9.40. The van der Waals surface area contributed by atoms with E-state index in [4.69, 9.17) is 9.47 Å². The van der Waals surface area contributed by atoms with Crippen LogP contribution in [0.5, 0.6) is 0 Å². The van der Waals surface area contributed by atoms with E-state index in [1.165, 1.54) is 28.1 Å². The highest BCUT2D eigenvalue weighted by atomic mass is 16.7. The molecule has 7 rings (SSSR count). The zero-order valence-electron chi connectivity index (χ0n) is 20.5. The first-order valence-corrected chi connectivity index (χ1v) is 12.9. The van der Waals surface area contributed by atoms with Crippen LogP contribution in [0.1, 0.15) is 23.3 Å². The molecule has 4 aromatic carbocycles. The highest BCUT2D eigenvalue weighted by Crippen LogP contribution is 2.48. The van der Waals surface area contributed by atoms with Gasteiger partial charge in [0.15, 0.2) is 6.29 Å². The lowest BCUT2D eigenvalue weighted by molar-refractivity contribution is -0.0441. The number of anilines is 4. The van der Waals surface area contributed by atoms with Gasteiger partial charge in [-0.2, -0.15) is 0 Å². The Labute approximate surface area is 217 Å². The second-order valence-corrected chi connectivity index (χ2v) is 9.66. The summed E-state index contributed by atoms with van der Waals surface area (Å²) in [7, 11) is 0. The number of benzene rings is 4. The third kappa shape index (κ3) is 4.14. The van der Waals surface area contributed by atoms with E-state index in [-0.39, 0.29) is 12.3 Å². The Morgan fingerprint density at radius 3 is 2.16 bits per heavy atom. The molecule has 1 N–H and O–H groups in total. The van der Waals surface area contributed by atoms with Gasteiger partial charge >= 0.3 is 0 Å². The number of fused-ring (bicyclic) bond motifs is 3. The maximum Gasteiger partial charge on any atom is 0.184 e. The first kappa shape index (κ1) is 22.1. The van der Waals surface area contributed by atoms with Crippen LogP contribution < -0.4 is 10.2 Å². The molecule has 0 saturated carbocycles. The van der Waals surface area contributed by atoms with Crippen LogP contribution in [0.15, 0.2) is 121 Å². The molecule has 4 heteroatoms. The van der Waals surface area contributed by atoms with Crippen LogP contribution in [0.2, 0.25) is 0 Å². The van der Waals surface area contributed by atoms with Gasteiger partial charge in [-0.15, -0.1) is 0 Å². The Morgan fingerprint density at radius 2 is 1.38 bits per heavy atom. The van der Waals surface area contributed by atoms with Crippen molar-refractivity contribution < 1.29 is 9.47 Å². The Kier molecular flexibility index (Phi) is 5.61. The van der Waals surface area contributed by atoms with Crippen molar-refractivity contribution in [3.05, 3.63) is 132 Å². The van der Waals surface area contributed by atoms with Crippen molar-refractivity contribution in [2.24, 2.45) is 0 Å². The minimum atomic E-state index is -0.249. The first-order chi connectivity index (χ1) is 18.3. The largest absolute Gasteiger partial charge is 0.356 e. The lowest BCUT2D eigenvalue weighted by Crippen LogP contribution is -2.28. The molecular formula is C33H28N2O2.